The van der Waals surface area contributed by atoms with E-state index < -0.39 is 26.8 Å². The second kappa shape index (κ2) is 6.82. The second-order valence-electron chi connectivity index (χ2n) is 3.84. The average Bonchev–Trinajstić information content (AvgIpc) is 2.37. The molecule has 0 heterocycles. The van der Waals surface area contributed by atoms with Gasteiger partial charge in [0.15, 0.2) is 0 Å². The molecule has 0 radical (unpaired) electrons. The number of carbonyl (C=O) groups is 1. The van der Waals surface area contributed by atoms with Gasteiger partial charge < -0.3 is 9.84 Å². The molecule has 0 saturated carbocycles. The Bertz CT molecular complexity index is 626. The molecule has 0 amide bonds. The van der Waals surface area contributed by atoms with Crippen LogP contribution in [0.25, 0.3) is 0 Å². The van der Waals surface area contributed by atoms with Crippen LogP contribution in [0.2, 0.25) is 0 Å². The zero-order valence-corrected chi connectivity index (χ0v) is 12.6. The summed E-state index contributed by atoms with van der Waals surface area (Å²) >= 11 is 0. The van der Waals surface area contributed by atoms with Crippen LogP contribution < -0.4 is 9.46 Å². The van der Waals surface area contributed by atoms with Crippen LogP contribution in [0.5, 0.6) is 5.75 Å². The van der Waals surface area contributed by atoms with Crippen molar-refractivity contribution in [2.24, 2.45) is 0 Å². The van der Waals surface area contributed by atoms with Crippen LogP contribution >= 0.6 is 0 Å². The average molecular weight is 321 g/mol. The third-order valence-corrected chi connectivity index (χ3v) is 4.63. The van der Waals surface area contributed by atoms with Crippen LogP contribution in [0, 0.1) is 0 Å². The van der Waals surface area contributed by atoms with Gasteiger partial charge >= 0.3 is 5.97 Å². The van der Waals surface area contributed by atoms with Crippen molar-refractivity contribution in [3.8, 4) is 5.75 Å². The van der Waals surface area contributed by atoms with E-state index in [4.69, 9.17) is 9.84 Å². The predicted octanol–water partition coefficient (Wildman–Crippen LogP) is 0.0502. The maximum absolute atomic E-state index is 11.9. The first-order valence-corrected chi connectivity index (χ1v) is 8.70. The number of ether oxygens (including phenoxy) is 1. The summed E-state index contributed by atoms with van der Waals surface area (Å²) in [4.78, 5) is 10.8. The van der Waals surface area contributed by atoms with E-state index in [1.54, 1.807) is 0 Å². The van der Waals surface area contributed by atoms with Gasteiger partial charge in [0, 0.05) is 29.4 Å². The molecule has 1 aromatic rings. The van der Waals surface area contributed by atoms with Gasteiger partial charge in [-0.05, 0) is 18.2 Å². The highest BCUT2D eigenvalue weighted by Gasteiger charge is 2.19. The molecule has 0 aliphatic carbocycles. The fraction of sp³-hybridized carbons (Fsp3) is 0.364. The molecule has 112 valence electrons. The summed E-state index contributed by atoms with van der Waals surface area (Å²) in [6, 6.07) is 3.54. The molecule has 2 N–H and O–H groups in total. The Hall–Kier alpha value is -1.45. The molecular formula is C11H15NO6S2. The molecule has 9 heteroatoms. The molecule has 7 nitrogen and oxygen atoms in total. The first-order valence-electron chi connectivity index (χ1n) is 5.49. The zero-order valence-electron chi connectivity index (χ0n) is 11.0. The molecule has 0 bridgehead atoms. The largest absolute Gasteiger partial charge is 0.496 e. The minimum Gasteiger partial charge on any atom is -0.496 e. The molecule has 20 heavy (non-hydrogen) atoms. The van der Waals surface area contributed by atoms with Gasteiger partial charge in [0.05, 0.1) is 12.0 Å². The number of benzene rings is 1. The highest BCUT2D eigenvalue weighted by atomic mass is 32.2. The number of sulfonamides is 1. The highest BCUT2D eigenvalue weighted by Crippen LogP contribution is 2.22. The number of carboxylic acids is 1. The number of methoxy groups -OCH3 is 1. The molecule has 0 aliphatic rings. The molecule has 0 fully saturated rings. The zero-order chi connectivity index (χ0) is 15.3. The van der Waals surface area contributed by atoms with E-state index in [-0.39, 0.29) is 28.5 Å². The summed E-state index contributed by atoms with van der Waals surface area (Å²) in [7, 11) is -3.66. The Morgan fingerprint density at radius 2 is 2.10 bits per heavy atom. The van der Waals surface area contributed by atoms with Gasteiger partial charge in [-0.15, -0.1) is 0 Å². The topological polar surface area (TPSA) is 110 Å². The van der Waals surface area contributed by atoms with Crippen molar-refractivity contribution in [1.29, 1.82) is 0 Å². The van der Waals surface area contributed by atoms with Gasteiger partial charge in [0.2, 0.25) is 10.0 Å². The van der Waals surface area contributed by atoms with Gasteiger partial charge in [-0.1, -0.05) is 0 Å². The number of carboxylic acid groups (broad SMARTS) is 1. The van der Waals surface area contributed by atoms with E-state index in [1.165, 1.54) is 25.5 Å². The van der Waals surface area contributed by atoms with Crippen molar-refractivity contribution < 1.29 is 27.3 Å². The molecule has 1 atom stereocenters. The standard InChI is InChI=1S/C11H15NO6S2/c1-18-10-4-3-8(7-9(10)11(13)14)20(16,17)12-5-6-19(2)15/h3-4,7,12H,5-6H2,1-2H3,(H,13,14). The lowest BCUT2D eigenvalue weighted by atomic mass is 10.2. The predicted molar refractivity (Wildman–Crippen MR) is 74.1 cm³/mol. The maximum Gasteiger partial charge on any atom is 0.339 e. The van der Waals surface area contributed by atoms with Crippen LogP contribution in [0.15, 0.2) is 23.1 Å². The van der Waals surface area contributed by atoms with Crippen LogP contribution in [0.4, 0.5) is 0 Å². The normalized spacial score (nSPS) is 12.9. The minimum absolute atomic E-state index is 0.0138. The molecule has 0 saturated heterocycles. The van der Waals surface area contributed by atoms with Crippen molar-refractivity contribution in [3.63, 3.8) is 0 Å². The molecule has 0 spiro atoms. The summed E-state index contributed by atoms with van der Waals surface area (Å²) in [5, 5.41) is 9.00. The Kier molecular flexibility index (Phi) is 5.66. The van der Waals surface area contributed by atoms with Crippen molar-refractivity contribution in [3.05, 3.63) is 23.8 Å². The number of hydrogen-bond donors (Lipinski definition) is 2. The van der Waals surface area contributed by atoms with Crippen LogP contribution in [-0.4, -0.2) is 49.4 Å². The van der Waals surface area contributed by atoms with Crippen molar-refractivity contribution in [2.45, 2.75) is 4.90 Å². The molecule has 0 aliphatic heterocycles. The molecule has 1 aromatic carbocycles. The molecular weight excluding hydrogens is 306 g/mol. The summed E-state index contributed by atoms with van der Waals surface area (Å²) < 4.78 is 41.9. The summed E-state index contributed by atoms with van der Waals surface area (Å²) in [5.41, 5.74) is -0.241. The fourth-order valence-electron chi connectivity index (χ4n) is 1.42. The van der Waals surface area contributed by atoms with Crippen molar-refractivity contribution >= 4 is 26.8 Å². The second-order valence-corrected chi connectivity index (χ2v) is 7.16. The Morgan fingerprint density at radius 1 is 1.45 bits per heavy atom. The molecule has 0 aromatic heterocycles. The first kappa shape index (κ1) is 16.6. The van der Waals surface area contributed by atoms with E-state index >= 15 is 0 Å². The van der Waals surface area contributed by atoms with Crippen molar-refractivity contribution in [2.75, 3.05) is 25.7 Å². The van der Waals surface area contributed by atoms with E-state index in [0.29, 0.717) is 0 Å². The highest BCUT2D eigenvalue weighted by molar-refractivity contribution is 7.89. The number of hydrogen-bond acceptors (Lipinski definition) is 5. The Balaban J connectivity index is 3.04. The van der Waals surface area contributed by atoms with E-state index in [1.807, 2.05) is 0 Å². The maximum atomic E-state index is 11.9. The lowest BCUT2D eigenvalue weighted by Crippen LogP contribution is -2.28. The van der Waals surface area contributed by atoms with Gasteiger partial charge in [0.25, 0.3) is 0 Å². The fourth-order valence-corrected chi connectivity index (χ4v) is 3.00. The molecule has 1 rings (SSSR count). The number of nitrogens with one attached hydrogen (secondary N) is 1. The third kappa shape index (κ3) is 4.29. The van der Waals surface area contributed by atoms with E-state index in [0.717, 1.165) is 6.07 Å². The molecule has 1 unspecified atom stereocenters. The van der Waals surface area contributed by atoms with Crippen LogP contribution in [-0.2, 0) is 20.8 Å². The summed E-state index contributed by atoms with van der Waals surface area (Å²) in [5.74, 6) is -1.03. The van der Waals surface area contributed by atoms with E-state index in [2.05, 4.69) is 4.72 Å². The summed E-state index contributed by atoms with van der Waals surface area (Å²) in [6.45, 7) is 0.0138. The van der Waals surface area contributed by atoms with Gasteiger partial charge in [-0.3, -0.25) is 4.21 Å². The Morgan fingerprint density at radius 3 is 2.60 bits per heavy atom. The lowest BCUT2D eigenvalue weighted by Gasteiger charge is -2.09. The quantitative estimate of drug-likeness (QED) is 0.734. The van der Waals surface area contributed by atoms with E-state index in [9.17, 15) is 17.4 Å². The van der Waals surface area contributed by atoms with Gasteiger partial charge in [-0.2, -0.15) is 0 Å². The van der Waals surface area contributed by atoms with Crippen LogP contribution in [0.3, 0.4) is 0 Å². The Labute approximate surface area is 119 Å². The van der Waals surface area contributed by atoms with Crippen LogP contribution in [0.1, 0.15) is 10.4 Å². The smallest absolute Gasteiger partial charge is 0.339 e. The van der Waals surface area contributed by atoms with Gasteiger partial charge in [-0.25, -0.2) is 17.9 Å². The minimum atomic E-state index is -3.84. The number of aromatic carboxylic acids is 1. The third-order valence-electron chi connectivity index (χ3n) is 2.39. The van der Waals surface area contributed by atoms with Gasteiger partial charge in [0.1, 0.15) is 11.3 Å². The lowest BCUT2D eigenvalue weighted by molar-refractivity contribution is 0.0693. The first-order chi connectivity index (χ1) is 9.27. The monoisotopic (exact) mass is 321 g/mol. The summed E-state index contributed by atoms with van der Waals surface area (Å²) in [6.07, 6.45) is 1.46. The SMILES string of the molecule is COc1ccc(S(=O)(=O)NCCS(C)=O)cc1C(=O)O. The van der Waals surface area contributed by atoms with Crippen molar-refractivity contribution in [1.82, 2.24) is 4.72 Å². The number of rotatable bonds is 7.